The molecule has 1 aliphatic carbocycles. The van der Waals surface area contributed by atoms with Crippen molar-refractivity contribution in [3.8, 4) is 5.88 Å². The molecule has 1 aromatic rings. The maximum atomic E-state index is 12.5. The van der Waals surface area contributed by atoms with Gasteiger partial charge in [-0.3, -0.25) is 4.79 Å². The lowest BCUT2D eigenvalue weighted by atomic mass is 9.99. The molecule has 1 aromatic heterocycles. The van der Waals surface area contributed by atoms with Crippen LogP contribution < -0.4 is 10.1 Å². The lowest BCUT2D eigenvalue weighted by molar-refractivity contribution is -0.138. The van der Waals surface area contributed by atoms with Crippen LogP contribution in [-0.4, -0.2) is 30.2 Å². The van der Waals surface area contributed by atoms with Gasteiger partial charge in [-0.1, -0.05) is 13.3 Å². The lowest BCUT2D eigenvalue weighted by Gasteiger charge is -2.26. The minimum atomic E-state index is -0.760. The molecule has 0 aromatic carbocycles. The third-order valence-corrected chi connectivity index (χ3v) is 4.26. The van der Waals surface area contributed by atoms with Crippen molar-refractivity contribution >= 4 is 11.6 Å². The molecule has 22 heavy (non-hydrogen) atoms. The second-order valence-corrected chi connectivity index (χ2v) is 6.09. The highest BCUT2D eigenvalue weighted by Crippen LogP contribution is 2.42. The van der Waals surface area contributed by atoms with Gasteiger partial charge < -0.3 is 14.8 Å². The van der Waals surface area contributed by atoms with Gasteiger partial charge in [0.15, 0.2) is 0 Å². The first-order valence-corrected chi connectivity index (χ1v) is 7.97. The average Bonchev–Trinajstić information content (AvgIpc) is 3.34. The van der Waals surface area contributed by atoms with Gasteiger partial charge in [-0.25, -0.2) is 4.98 Å². The molecule has 0 saturated heterocycles. The Morgan fingerprint density at radius 2 is 2.23 bits per heavy atom. The normalized spacial score (nSPS) is 16.9. The molecule has 1 aliphatic rings. The third-order valence-electron chi connectivity index (χ3n) is 4.26. The summed E-state index contributed by atoms with van der Waals surface area (Å²) in [5.41, 5.74) is 0.832. The van der Waals surface area contributed by atoms with Crippen molar-refractivity contribution in [2.24, 2.45) is 5.92 Å². The fraction of sp³-hybridized carbons (Fsp3) is 0.647. The van der Waals surface area contributed by atoms with E-state index in [1.807, 2.05) is 19.9 Å². The van der Waals surface area contributed by atoms with E-state index in [4.69, 9.17) is 9.47 Å². The summed E-state index contributed by atoms with van der Waals surface area (Å²) >= 11 is 0. The van der Waals surface area contributed by atoms with E-state index >= 15 is 0 Å². The van der Waals surface area contributed by atoms with Crippen molar-refractivity contribution in [1.82, 2.24) is 4.98 Å². The Morgan fingerprint density at radius 1 is 1.50 bits per heavy atom. The Hall–Kier alpha value is -1.62. The summed E-state index contributed by atoms with van der Waals surface area (Å²) in [6, 6.07) is 1.88. The Labute approximate surface area is 132 Å². The summed E-state index contributed by atoms with van der Waals surface area (Å²) in [6.07, 6.45) is 5.81. The number of nitrogens with zero attached hydrogens (tertiary/aromatic N) is 1. The third kappa shape index (κ3) is 3.77. The van der Waals surface area contributed by atoms with Crippen molar-refractivity contribution < 1.29 is 14.3 Å². The minimum absolute atomic E-state index is 0.113. The van der Waals surface area contributed by atoms with Gasteiger partial charge in [0.25, 0.3) is 5.91 Å². The van der Waals surface area contributed by atoms with Gasteiger partial charge in [0, 0.05) is 12.7 Å². The highest BCUT2D eigenvalue weighted by Gasteiger charge is 2.47. The molecule has 1 saturated carbocycles. The molecule has 0 aliphatic heterocycles. The zero-order chi connectivity index (χ0) is 16.2. The summed E-state index contributed by atoms with van der Waals surface area (Å²) in [7, 11) is 1.59. The molecule has 1 atom stereocenters. The number of amides is 1. The van der Waals surface area contributed by atoms with Crippen molar-refractivity contribution in [3.63, 3.8) is 0 Å². The standard InChI is InChI=1S/C17H26N2O3/c1-5-6-9-22-15-12(2)10-14(11-18-15)19-16(20)17(3,21-4)13-7-8-13/h10-11,13H,5-9H2,1-4H3,(H,19,20)/t17-/m0/s1. The van der Waals surface area contributed by atoms with Gasteiger partial charge >= 0.3 is 0 Å². The molecule has 5 nitrogen and oxygen atoms in total. The van der Waals surface area contributed by atoms with Crippen molar-refractivity contribution in [3.05, 3.63) is 17.8 Å². The number of hydrogen-bond acceptors (Lipinski definition) is 4. The van der Waals surface area contributed by atoms with E-state index in [2.05, 4.69) is 17.2 Å². The predicted molar refractivity (Wildman–Crippen MR) is 86.1 cm³/mol. The van der Waals surface area contributed by atoms with Gasteiger partial charge in [0.1, 0.15) is 5.60 Å². The number of methoxy groups -OCH3 is 1. The molecule has 5 heteroatoms. The first-order chi connectivity index (χ1) is 10.5. The summed E-state index contributed by atoms with van der Waals surface area (Å²) in [5.74, 6) is 0.824. The molecule has 1 heterocycles. The summed E-state index contributed by atoms with van der Waals surface area (Å²) in [5, 5.41) is 2.91. The van der Waals surface area contributed by atoms with E-state index in [9.17, 15) is 4.79 Å². The number of aromatic nitrogens is 1. The van der Waals surface area contributed by atoms with Crippen LogP contribution in [0, 0.1) is 12.8 Å². The molecule has 2 rings (SSSR count). The summed E-state index contributed by atoms with van der Waals surface area (Å²) in [6.45, 7) is 6.57. The molecule has 0 spiro atoms. The molecule has 1 N–H and O–H groups in total. The molecule has 1 amide bonds. The number of aryl methyl sites for hydroxylation is 1. The quantitative estimate of drug-likeness (QED) is 0.748. The highest BCUT2D eigenvalue weighted by molar-refractivity contribution is 5.97. The molecule has 0 unspecified atom stereocenters. The smallest absolute Gasteiger partial charge is 0.256 e. The number of anilines is 1. The van der Waals surface area contributed by atoms with Crippen LogP contribution in [-0.2, 0) is 9.53 Å². The Morgan fingerprint density at radius 3 is 2.77 bits per heavy atom. The van der Waals surface area contributed by atoms with E-state index in [1.54, 1.807) is 13.3 Å². The van der Waals surface area contributed by atoms with Crippen LogP contribution in [0.2, 0.25) is 0 Å². The SMILES string of the molecule is CCCCOc1ncc(NC(=O)[C@@](C)(OC)C2CC2)cc1C. The Kier molecular flexibility index (Phi) is 5.40. The van der Waals surface area contributed by atoms with E-state index in [0.717, 1.165) is 31.2 Å². The van der Waals surface area contributed by atoms with Crippen LogP contribution in [0.25, 0.3) is 0 Å². The number of carbonyl (C=O) groups excluding carboxylic acids is 1. The van der Waals surface area contributed by atoms with Crippen molar-refractivity contribution in [1.29, 1.82) is 0 Å². The van der Waals surface area contributed by atoms with E-state index < -0.39 is 5.60 Å². The van der Waals surface area contributed by atoms with E-state index in [1.165, 1.54) is 0 Å². The van der Waals surface area contributed by atoms with Crippen molar-refractivity contribution in [2.45, 2.75) is 52.1 Å². The second-order valence-electron chi connectivity index (χ2n) is 6.09. The fourth-order valence-corrected chi connectivity index (χ4v) is 2.43. The number of nitrogens with one attached hydrogen (secondary N) is 1. The lowest BCUT2D eigenvalue weighted by Crippen LogP contribution is -2.44. The van der Waals surface area contributed by atoms with Crippen LogP contribution in [0.3, 0.4) is 0 Å². The molecule has 122 valence electrons. The molecular formula is C17H26N2O3. The van der Waals surface area contributed by atoms with E-state index in [0.29, 0.717) is 24.1 Å². The Balaban J connectivity index is 2.01. The first kappa shape index (κ1) is 16.7. The Bertz CT molecular complexity index is 529. The van der Waals surface area contributed by atoms with Gasteiger partial charge in [-0.2, -0.15) is 0 Å². The van der Waals surface area contributed by atoms with Crippen LogP contribution in [0.4, 0.5) is 5.69 Å². The number of ether oxygens (including phenoxy) is 2. The highest BCUT2D eigenvalue weighted by atomic mass is 16.5. The number of rotatable bonds is 8. The topological polar surface area (TPSA) is 60.5 Å². The maximum absolute atomic E-state index is 12.5. The zero-order valence-electron chi connectivity index (χ0n) is 13.9. The summed E-state index contributed by atoms with van der Waals surface area (Å²) < 4.78 is 11.1. The zero-order valence-corrected chi connectivity index (χ0v) is 13.9. The van der Waals surface area contributed by atoms with Crippen LogP contribution >= 0.6 is 0 Å². The van der Waals surface area contributed by atoms with Gasteiger partial charge in [-0.15, -0.1) is 0 Å². The van der Waals surface area contributed by atoms with E-state index in [-0.39, 0.29) is 5.91 Å². The van der Waals surface area contributed by atoms with Crippen LogP contribution in [0.15, 0.2) is 12.3 Å². The minimum Gasteiger partial charge on any atom is -0.477 e. The number of carbonyl (C=O) groups is 1. The molecule has 0 radical (unpaired) electrons. The van der Waals surface area contributed by atoms with Crippen molar-refractivity contribution in [2.75, 3.05) is 19.0 Å². The van der Waals surface area contributed by atoms with Crippen LogP contribution in [0.5, 0.6) is 5.88 Å². The number of pyridine rings is 1. The van der Waals surface area contributed by atoms with Gasteiger partial charge in [0.2, 0.25) is 5.88 Å². The number of hydrogen-bond donors (Lipinski definition) is 1. The second kappa shape index (κ2) is 7.09. The largest absolute Gasteiger partial charge is 0.477 e. The fourth-order valence-electron chi connectivity index (χ4n) is 2.43. The molecular weight excluding hydrogens is 280 g/mol. The first-order valence-electron chi connectivity index (χ1n) is 7.97. The van der Waals surface area contributed by atoms with Gasteiger partial charge in [0.05, 0.1) is 18.5 Å². The van der Waals surface area contributed by atoms with Gasteiger partial charge in [-0.05, 0) is 45.1 Å². The predicted octanol–water partition coefficient (Wildman–Crippen LogP) is 3.32. The monoisotopic (exact) mass is 306 g/mol. The summed E-state index contributed by atoms with van der Waals surface area (Å²) in [4.78, 5) is 16.8. The van der Waals surface area contributed by atoms with Crippen LogP contribution in [0.1, 0.15) is 45.1 Å². The average molecular weight is 306 g/mol. The molecule has 0 bridgehead atoms. The maximum Gasteiger partial charge on any atom is 0.256 e. The number of unbranched alkanes of at least 4 members (excludes halogenated alkanes) is 1. The molecule has 1 fully saturated rings.